The van der Waals surface area contributed by atoms with Crippen molar-refractivity contribution in [3.63, 3.8) is 0 Å². The van der Waals surface area contributed by atoms with Gasteiger partial charge in [-0.05, 0) is 77.1 Å². The van der Waals surface area contributed by atoms with Crippen molar-refractivity contribution in [3.8, 4) is 0 Å². The van der Waals surface area contributed by atoms with Crippen molar-refractivity contribution in [2.75, 3.05) is 79.5 Å². The number of rotatable bonds is 8. The molecule has 3 unspecified atom stereocenters. The van der Waals surface area contributed by atoms with E-state index < -0.39 is 5.60 Å². The standard InChI is InChI=1S/C22H36N2O.C19H36N2O/c1-23-16-18-24(19-17-23)15-12-21(20-10-6-5-7-11-20)22(25)13-8-3-2-4-9-14-22;1-20-12-14-21(15-13-20)16-18-10-4-2-3-7-11-19(18,22)17-8-5-6-9-17/h5-7,10-11,21,25H,2-4,8-9,12-19H2,1H3;17-18,22H,2-16H2,1H3. The van der Waals surface area contributed by atoms with E-state index in [4.69, 9.17) is 0 Å². The van der Waals surface area contributed by atoms with Gasteiger partial charge in [-0.3, -0.25) is 0 Å². The van der Waals surface area contributed by atoms with Crippen LogP contribution in [0.3, 0.4) is 0 Å². The molecular formula is C41H72N4O2. The Morgan fingerprint density at radius 3 is 1.74 bits per heavy atom. The van der Waals surface area contributed by atoms with Crippen molar-refractivity contribution in [2.45, 2.75) is 133 Å². The van der Waals surface area contributed by atoms with Crippen molar-refractivity contribution in [3.05, 3.63) is 35.9 Å². The molecule has 6 heteroatoms. The smallest absolute Gasteiger partial charge is 0.0716 e. The van der Waals surface area contributed by atoms with Crippen molar-refractivity contribution >= 4 is 0 Å². The van der Waals surface area contributed by atoms with Crippen LogP contribution < -0.4 is 0 Å². The largest absolute Gasteiger partial charge is 0.389 e. The van der Waals surface area contributed by atoms with E-state index in [0.717, 1.165) is 51.9 Å². The van der Waals surface area contributed by atoms with Crippen molar-refractivity contribution in [2.24, 2.45) is 11.8 Å². The van der Waals surface area contributed by atoms with E-state index in [9.17, 15) is 10.2 Å². The summed E-state index contributed by atoms with van der Waals surface area (Å²) in [6.45, 7) is 11.7. The summed E-state index contributed by atoms with van der Waals surface area (Å²) in [4.78, 5) is 10.1. The molecule has 1 aromatic rings. The Kier molecular flexibility index (Phi) is 14.9. The van der Waals surface area contributed by atoms with Gasteiger partial charge in [0.25, 0.3) is 0 Å². The molecule has 0 aromatic heterocycles. The Hall–Kier alpha value is -1.02. The van der Waals surface area contributed by atoms with Gasteiger partial charge in [0.2, 0.25) is 0 Å². The van der Waals surface area contributed by atoms with Gasteiger partial charge in [0.05, 0.1) is 11.2 Å². The van der Waals surface area contributed by atoms with E-state index in [1.165, 1.54) is 135 Å². The van der Waals surface area contributed by atoms with Crippen molar-refractivity contribution in [1.29, 1.82) is 0 Å². The lowest BCUT2D eigenvalue weighted by atomic mass is 9.69. The number of benzene rings is 1. The van der Waals surface area contributed by atoms with E-state index in [1.54, 1.807) is 0 Å². The predicted molar refractivity (Wildman–Crippen MR) is 197 cm³/mol. The first-order chi connectivity index (χ1) is 22.9. The molecule has 0 radical (unpaired) electrons. The summed E-state index contributed by atoms with van der Waals surface area (Å²) in [5, 5.41) is 23.3. The number of hydrogen-bond acceptors (Lipinski definition) is 6. The number of nitrogens with zero attached hydrogens (tertiary/aromatic N) is 4. The van der Waals surface area contributed by atoms with Gasteiger partial charge in [-0.25, -0.2) is 0 Å². The zero-order valence-electron chi connectivity index (χ0n) is 30.6. The number of piperazine rings is 2. The van der Waals surface area contributed by atoms with E-state index in [0.29, 0.717) is 11.8 Å². The fourth-order valence-electron chi connectivity index (χ4n) is 9.84. The fraction of sp³-hybridized carbons (Fsp3) is 0.854. The minimum Gasteiger partial charge on any atom is -0.389 e. The molecule has 0 spiro atoms. The summed E-state index contributed by atoms with van der Waals surface area (Å²) in [6.07, 6.45) is 22.1. The molecule has 2 saturated heterocycles. The number of aliphatic hydroxyl groups is 2. The van der Waals surface area contributed by atoms with Gasteiger partial charge in [0.15, 0.2) is 0 Å². The summed E-state index contributed by atoms with van der Waals surface area (Å²) < 4.78 is 0. The van der Waals surface area contributed by atoms with Crippen LogP contribution in [0.25, 0.3) is 0 Å². The molecule has 5 aliphatic rings. The molecule has 3 atom stereocenters. The Bertz CT molecular complexity index is 978. The molecule has 1 aromatic carbocycles. The van der Waals surface area contributed by atoms with Crippen LogP contribution in [0.15, 0.2) is 30.3 Å². The van der Waals surface area contributed by atoms with Gasteiger partial charge < -0.3 is 29.8 Å². The molecule has 0 bridgehead atoms. The topological polar surface area (TPSA) is 53.4 Å². The van der Waals surface area contributed by atoms with Crippen molar-refractivity contribution < 1.29 is 10.2 Å². The van der Waals surface area contributed by atoms with Gasteiger partial charge in [-0.15, -0.1) is 0 Å². The average molecular weight is 653 g/mol. The minimum atomic E-state index is -0.519. The van der Waals surface area contributed by atoms with Crippen LogP contribution >= 0.6 is 0 Å². The van der Waals surface area contributed by atoms with E-state index in [-0.39, 0.29) is 11.5 Å². The van der Waals surface area contributed by atoms with E-state index in [2.05, 4.69) is 64.0 Å². The highest BCUT2D eigenvalue weighted by atomic mass is 16.3. The first kappa shape index (κ1) is 37.2. The van der Waals surface area contributed by atoms with Gasteiger partial charge in [-0.1, -0.05) is 101 Å². The van der Waals surface area contributed by atoms with Crippen LogP contribution in [0, 0.1) is 11.8 Å². The molecule has 6 rings (SSSR count). The first-order valence-electron chi connectivity index (χ1n) is 20.2. The molecule has 47 heavy (non-hydrogen) atoms. The molecule has 2 aliphatic heterocycles. The first-order valence-corrected chi connectivity index (χ1v) is 20.2. The summed E-state index contributed by atoms with van der Waals surface area (Å²) in [5.74, 6) is 1.37. The molecule has 3 aliphatic carbocycles. The Labute approximate surface area is 289 Å². The molecule has 3 saturated carbocycles. The van der Waals surface area contributed by atoms with Crippen LogP contribution in [0.5, 0.6) is 0 Å². The summed E-state index contributed by atoms with van der Waals surface area (Å²) in [7, 11) is 4.43. The molecule has 2 N–H and O–H groups in total. The Balaban J connectivity index is 0.000000186. The Morgan fingerprint density at radius 2 is 1.13 bits per heavy atom. The Morgan fingerprint density at radius 1 is 0.617 bits per heavy atom. The second-order valence-electron chi connectivity index (χ2n) is 16.5. The maximum Gasteiger partial charge on any atom is 0.0716 e. The third kappa shape index (κ3) is 11.0. The summed E-state index contributed by atoms with van der Waals surface area (Å²) in [6, 6.07) is 10.8. The molecule has 2 heterocycles. The lowest BCUT2D eigenvalue weighted by Crippen LogP contribution is -2.52. The zero-order valence-corrected chi connectivity index (χ0v) is 30.6. The molecular weight excluding hydrogens is 580 g/mol. The van der Waals surface area contributed by atoms with Crippen LogP contribution in [0.4, 0.5) is 0 Å². The predicted octanol–water partition coefficient (Wildman–Crippen LogP) is 7.01. The maximum absolute atomic E-state index is 11.7. The highest BCUT2D eigenvalue weighted by Crippen LogP contribution is 2.45. The highest BCUT2D eigenvalue weighted by Gasteiger charge is 2.45. The van der Waals surface area contributed by atoms with Crippen LogP contribution in [-0.2, 0) is 0 Å². The third-order valence-electron chi connectivity index (χ3n) is 13.1. The van der Waals surface area contributed by atoms with E-state index >= 15 is 0 Å². The number of hydrogen-bond donors (Lipinski definition) is 2. The second-order valence-corrected chi connectivity index (χ2v) is 16.5. The van der Waals surface area contributed by atoms with Crippen LogP contribution in [-0.4, -0.2) is 121 Å². The minimum absolute atomic E-state index is 0.270. The molecule has 5 fully saturated rings. The van der Waals surface area contributed by atoms with Gasteiger partial charge in [-0.2, -0.15) is 0 Å². The normalized spacial score (nSPS) is 30.3. The number of likely N-dealkylation sites (N-methyl/N-ethyl adjacent to an activating group) is 2. The van der Waals surface area contributed by atoms with Gasteiger partial charge in [0, 0.05) is 70.7 Å². The van der Waals surface area contributed by atoms with Gasteiger partial charge >= 0.3 is 0 Å². The second kappa shape index (κ2) is 18.8. The van der Waals surface area contributed by atoms with Crippen molar-refractivity contribution in [1.82, 2.24) is 19.6 Å². The lowest BCUT2D eigenvalue weighted by molar-refractivity contribution is -0.0934. The SMILES string of the molecule is CN1CCN(CC2CCCCCCC2(O)C2CCCC2)CC1.CN1CCN(CCC(c2ccccc2)C2(O)CCCCCCC2)CC1. The van der Waals surface area contributed by atoms with Gasteiger partial charge in [0.1, 0.15) is 0 Å². The molecule has 6 nitrogen and oxygen atoms in total. The van der Waals surface area contributed by atoms with Crippen LogP contribution in [0.2, 0.25) is 0 Å². The maximum atomic E-state index is 11.7. The molecule has 268 valence electrons. The lowest BCUT2D eigenvalue weighted by Gasteiger charge is -2.45. The van der Waals surface area contributed by atoms with Crippen LogP contribution in [0.1, 0.15) is 127 Å². The monoisotopic (exact) mass is 653 g/mol. The highest BCUT2D eigenvalue weighted by molar-refractivity contribution is 5.23. The molecule has 0 amide bonds. The zero-order chi connectivity index (χ0) is 33.0. The van der Waals surface area contributed by atoms with E-state index in [1.807, 2.05) is 0 Å². The summed E-state index contributed by atoms with van der Waals surface area (Å²) in [5.41, 5.74) is 0.453. The average Bonchev–Trinajstić information content (AvgIpc) is 3.62. The third-order valence-corrected chi connectivity index (χ3v) is 13.1. The quantitative estimate of drug-likeness (QED) is 0.315. The fourth-order valence-corrected chi connectivity index (χ4v) is 9.84. The summed E-state index contributed by atoms with van der Waals surface area (Å²) >= 11 is 0.